The second kappa shape index (κ2) is 34.2. The third-order valence-electron chi connectivity index (χ3n) is 11.1. The molecule has 0 spiro atoms. The molecule has 1 aliphatic carbocycles. The number of aliphatic hydroxyl groups is 5. The smallest absolute Gasteiger partial charge is 0.462 e. The maximum Gasteiger partial charge on any atom is 0.472 e. The van der Waals surface area contributed by atoms with Gasteiger partial charge < -0.3 is 44.6 Å². The zero-order valence-electron chi connectivity index (χ0n) is 37.6. The number of carbonyl (C=O) groups excluding carboxylic acids is 2. The molecule has 15 heteroatoms. The van der Waals surface area contributed by atoms with Gasteiger partial charge in [0.1, 0.15) is 43.2 Å². The van der Waals surface area contributed by atoms with Crippen molar-refractivity contribution in [1.82, 2.24) is 0 Å². The van der Waals surface area contributed by atoms with Gasteiger partial charge in [0.15, 0.2) is 6.10 Å². The summed E-state index contributed by atoms with van der Waals surface area (Å²) in [6, 6.07) is 0. The molecular weight excluding hydrogens is 819 g/mol. The molecule has 5 unspecified atom stereocenters. The topological polar surface area (TPSA) is 222 Å². The number of rotatable bonds is 37. The van der Waals surface area contributed by atoms with Crippen LogP contribution in [0.1, 0.15) is 168 Å². The first-order valence-electron chi connectivity index (χ1n) is 23.6. The van der Waals surface area contributed by atoms with E-state index in [-0.39, 0.29) is 12.8 Å². The van der Waals surface area contributed by atoms with Crippen LogP contribution in [0.2, 0.25) is 0 Å². The van der Waals surface area contributed by atoms with Crippen molar-refractivity contribution in [3.8, 4) is 0 Å². The van der Waals surface area contributed by atoms with Gasteiger partial charge in [-0.15, -0.1) is 0 Å². The van der Waals surface area contributed by atoms with E-state index in [9.17, 15) is 44.6 Å². The summed E-state index contributed by atoms with van der Waals surface area (Å²) in [4.78, 5) is 35.7. The molecule has 14 nitrogen and oxygen atoms in total. The fourth-order valence-corrected chi connectivity index (χ4v) is 8.11. The van der Waals surface area contributed by atoms with Crippen LogP contribution in [0.25, 0.3) is 0 Å². The lowest BCUT2D eigenvalue weighted by Gasteiger charge is -2.41. The lowest BCUT2D eigenvalue weighted by Crippen LogP contribution is -2.64. The highest BCUT2D eigenvalue weighted by Crippen LogP contribution is 2.47. The molecule has 358 valence electrons. The Morgan fingerprint density at radius 2 is 1.08 bits per heavy atom. The van der Waals surface area contributed by atoms with E-state index in [4.69, 9.17) is 23.3 Å². The number of hydrogen-bond donors (Lipinski definition) is 6. The predicted molar refractivity (Wildman–Crippen MR) is 239 cm³/mol. The van der Waals surface area contributed by atoms with Gasteiger partial charge >= 0.3 is 19.8 Å². The largest absolute Gasteiger partial charge is 0.472 e. The first kappa shape index (κ1) is 55.9. The van der Waals surface area contributed by atoms with Crippen molar-refractivity contribution in [2.75, 3.05) is 13.2 Å². The van der Waals surface area contributed by atoms with Gasteiger partial charge in [-0.25, -0.2) is 4.57 Å². The third kappa shape index (κ3) is 25.9. The summed E-state index contributed by atoms with van der Waals surface area (Å²) in [5.74, 6) is -1.18. The van der Waals surface area contributed by atoms with Crippen LogP contribution in [0.3, 0.4) is 0 Å². The number of phosphoric acid groups is 1. The lowest BCUT2D eigenvalue weighted by atomic mass is 9.85. The molecule has 0 aromatic rings. The van der Waals surface area contributed by atoms with Crippen molar-refractivity contribution in [2.45, 2.75) is 223 Å². The van der Waals surface area contributed by atoms with E-state index in [1.165, 1.54) is 44.9 Å². The molecule has 62 heavy (non-hydrogen) atoms. The fourth-order valence-electron chi connectivity index (χ4n) is 7.13. The number of epoxide rings is 1. The fraction of sp³-hybridized carbons (Fsp3) is 0.787. The normalized spacial score (nSPS) is 25.5. The second-order valence-corrected chi connectivity index (χ2v) is 18.0. The monoisotopic (exact) mass is 901 g/mol. The molecule has 6 N–H and O–H groups in total. The average Bonchev–Trinajstić information content (AvgIpc) is 4.01. The number of unbranched alkanes of at least 4 members (excludes halogenated alkanes) is 14. The number of hydrogen-bond acceptors (Lipinski definition) is 13. The molecule has 1 saturated carbocycles. The zero-order valence-corrected chi connectivity index (χ0v) is 38.5. The molecule has 2 rings (SSSR count). The van der Waals surface area contributed by atoms with E-state index in [2.05, 4.69) is 50.3 Å². The molecule has 0 aromatic heterocycles. The summed E-state index contributed by atoms with van der Waals surface area (Å²) in [6.07, 6.45) is 27.7. The van der Waals surface area contributed by atoms with Crippen LogP contribution in [-0.2, 0) is 37.4 Å². The predicted octanol–water partition coefficient (Wildman–Crippen LogP) is 8.16. The molecule has 0 amide bonds. The maximum atomic E-state index is 12.8. The summed E-state index contributed by atoms with van der Waals surface area (Å²) in [5.41, 5.74) is 0. The summed E-state index contributed by atoms with van der Waals surface area (Å²) < 4.78 is 39.2. The Morgan fingerprint density at radius 1 is 0.581 bits per heavy atom. The van der Waals surface area contributed by atoms with Crippen LogP contribution < -0.4 is 0 Å². The third-order valence-corrected chi connectivity index (χ3v) is 12.1. The molecule has 0 bridgehead atoms. The van der Waals surface area contributed by atoms with Gasteiger partial charge in [0.2, 0.25) is 0 Å². The zero-order chi connectivity index (χ0) is 45.4. The first-order valence-corrected chi connectivity index (χ1v) is 25.1. The Labute approximate surface area is 371 Å². The summed E-state index contributed by atoms with van der Waals surface area (Å²) in [6.45, 7) is 3.20. The molecule has 0 radical (unpaired) electrons. The van der Waals surface area contributed by atoms with Crippen LogP contribution >= 0.6 is 7.82 Å². The van der Waals surface area contributed by atoms with E-state index < -0.39 is 75.7 Å². The minimum Gasteiger partial charge on any atom is -0.462 e. The number of aliphatic hydroxyl groups excluding tert-OH is 5. The number of esters is 2. The Hall–Kier alpha value is -2.23. The van der Waals surface area contributed by atoms with Crippen molar-refractivity contribution in [2.24, 2.45) is 0 Å². The Morgan fingerprint density at radius 3 is 1.73 bits per heavy atom. The van der Waals surface area contributed by atoms with Crippen LogP contribution in [0.4, 0.5) is 0 Å². The minimum atomic E-state index is -5.14. The molecule has 1 saturated heterocycles. The molecule has 10 atom stereocenters. The van der Waals surface area contributed by atoms with Gasteiger partial charge in [-0.05, 0) is 70.6 Å². The van der Waals surface area contributed by atoms with Crippen molar-refractivity contribution in [3.05, 3.63) is 48.6 Å². The number of allylic oxidation sites excluding steroid dienone is 7. The Kier molecular flexibility index (Phi) is 30.8. The molecule has 1 heterocycles. The van der Waals surface area contributed by atoms with Crippen LogP contribution in [0.15, 0.2) is 48.6 Å². The lowest BCUT2D eigenvalue weighted by molar-refractivity contribution is -0.220. The summed E-state index contributed by atoms with van der Waals surface area (Å²) in [7, 11) is -5.14. The van der Waals surface area contributed by atoms with Gasteiger partial charge in [-0.3, -0.25) is 18.6 Å². The van der Waals surface area contributed by atoms with Crippen LogP contribution in [0, 0.1) is 0 Å². The van der Waals surface area contributed by atoms with E-state index >= 15 is 0 Å². The minimum absolute atomic E-state index is 0.0764. The molecule has 2 fully saturated rings. The van der Waals surface area contributed by atoms with Crippen molar-refractivity contribution < 1.29 is 67.8 Å². The van der Waals surface area contributed by atoms with Crippen molar-refractivity contribution in [1.29, 1.82) is 0 Å². The highest BCUT2D eigenvalue weighted by Gasteiger charge is 2.51. The maximum absolute atomic E-state index is 12.8. The van der Waals surface area contributed by atoms with Gasteiger partial charge in [0.05, 0.1) is 18.8 Å². The Balaban J connectivity index is 1.72. The van der Waals surface area contributed by atoms with E-state index in [1.54, 1.807) is 0 Å². The summed E-state index contributed by atoms with van der Waals surface area (Å²) >= 11 is 0. The van der Waals surface area contributed by atoms with Gasteiger partial charge in [-0.1, -0.05) is 133 Å². The van der Waals surface area contributed by atoms with E-state index in [0.29, 0.717) is 31.5 Å². The molecule has 1 aliphatic heterocycles. The highest BCUT2D eigenvalue weighted by molar-refractivity contribution is 7.47. The van der Waals surface area contributed by atoms with Gasteiger partial charge in [0, 0.05) is 12.8 Å². The number of carbonyl (C=O) groups is 2. The SMILES string of the molecule is CCCCCC/C=C\CCCCCCCCCC(=O)O[C@H](COC(=O)CCC/C=C\C/C=C\C/C=C\CC1OC1CCCCC)COP(=O)(O)OC1[C@H](O)[C@H](O)C(O)[C@H](O)[C@H]1O. The van der Waals surface area contributed by atoms with Crippen LogP contribution in [-0.4, -0.2) is 111 Å². The quantitative estimate of drug-likeness (QED) is 0.0114. The first-order chi connectivity index (χ1) is 29.9. The van der Waals surface area contributed by atoms with Crippen molar-refractivity contribution in [3.63, 3.8) is 0 Å². The number of ether oxygens (including phenoxy) is 3. The Bertz CT molecular complexity index is 1340. The average molecular weight is 901 g/mol. The molecule has 2 aliphatic rings. The van der Waals surface area contributed by atoms with E-state index in [0.717, 1.165) is 77.0 Å². The van der Waals surface area contributed by atoms with E-state index in [1.807, 2.05) is 12.2 Å². The highest BCUT2D eigenvalue weighted by atomic mass is 31.2. The molecular formula is C47H81O14P. The van der Waals surface area contributed by atoms with Gasteiger partial charge in [0.25, 0.3) is 0 Å². The number of phosphoric ester groups is 1. The standard InChI is InChI=1S/C47H81O14P/c1-3-5-7-8-9-10-11-12-13-14-15-20-23-26-30-34-41(49)59-37(36-58-62(55,56)61-47-45(53)43(51)42(50)44(52)46(47)54)35-57-40(48)33-29-25-22-19-17-16-18-21-24-28-32-39-38(60-39)31-27-6-4-2/h10-11,16,18-19,22,24,28,37-39,42-47,50-54H,3-9,12-15,17,20-21,23,25-27,29-36H2,1-2H3,(H,55,56)/b11-10-,18-16-,22-19-,28-24-/t37-,38?,39?,42?,43-,44+,45-,46-,47?/m1/s1. The van der Waals surface area contributed by atoms with Gasteiger partial charge in [-0.2, -0.15) is 0 Å². The second-order valence-electron chi connectivity index (χ2n) is 16.6. The van der Waals surface area contributed by atoms with Crippen molar-refractivity contribution >= 4 is 19.8 Å². The summed E-state index contributed by atoms with van der Waals surface area (Å²) in [5, 5.41) is 50.2. The molecule has 0 aromatic carbocycles. The van der Waals surface area contributed by atoms with Crippen LogP contribution in [0.5, 0.6) is 0 Å².